The molecule has 29 heavy (non-hydrogen) atoms. The molecule has 3 aromatic rings. The maximum absolute atomic E-state index is 12.8. The van der Waals surface area contributed by atoms with Gasteiger partial charge in [-0.2, -0.15) is 5.10 Å². The van der Waals surface area contributed by atoms with Crippen LogP contribution < -0.4 is 10.6 Å². The van der Waals surface area contributed by atoms with Crippen LogP contribution in [0, 0.1) is 0 Å². The van der Waals surface area contributed by atoms with Crippen molar-refractivity contribution < 1.29 is 14.3 Å². The first-order chi connectivity index (χ1) is 14.2. The summed E-state index contributed by atoms with van der Waals surface area (Å²) in [5.74, 6) is 0.368. The zero-order valence-electron chi connectivity index (χ0n) is 16.1. The van der Waals surface area contributed by atoms with Gasteiger partial charge in [0.25, 0.3) is 5.91 Å². The second-order valence-electron chi connectivity index (χ2n) is 6.92. The van der Waals surface area contributed by atoms with Crippen molar-refractivity contribution in [3.8, 4) is 0 Å². The molecule has 0 fully saturated rings. The predicted molar refractivity (Wildman–Crippen MR) is 110 cm³/mol. The van der Waals surface area contributed by atoms with Crippen molar-refractivity contribution in [1.29, 1.82) is 0 Å². The van der Waals surface area contributed by atoms with Crippen molar-refractivity contribution in [1.82, 2.24) is 9.78 Å². The van der Waals surface area contributed by atoms with E-state index in [1.165, 1.54) is 18.2 Å². The molecule has 2 aromatic carbocycles. The van der Waals surface area contributed by atoms with Crippen LogP contribution in [0.1, 0.15) is 40.4 Å². The number of rotatable bonds is 4. The minimum Gasteiger partial charge on any atom is -0.453 e. The van der Waals surface area contributed by atoms with Crippen LogP contribution in [0.4, 0.5) is 16.3 Å². The number of benzene rings is 2. The van der Waals surface area contributed by atoms with Gasteiger partial charge in [-0.25, -0.2) is 9.48 Å². The largest absolute Gasteiger partial charge is 0.453 e. The summed E-state index contributed by atoms with van der Waals surface area (Å²) in [6, 6.07) is 17.0. The van der Waals surface area contributed by atoms with Crippen LogP contribution in [0.15, 0.2) is 60.8 Å². The van der Waals surface area contributed by atoms with Crippen LogP contribution >= 0.6 is 0 Å². The monoisotopic (exact) mass is 390 g/mol. The number of methoxy groups -OCH3 is 1. The number of nitrogens with zero attached hydrogens (tertiary/aromatic N) is 2. The second kappa shape index (κ2) is 8.18. The normalized spacial score (nSPS) is 15.3. The zero-order valence-corrected chi connectivity index (χ0v) is 16.1. The van der Waals surface area contributed by atoms with Gasteiger partial charge < -0.3 is 10.1 Å². The minimum absolute atomic E-state index is 0.0950. The summed E-state index contributed by atoms with van der Waals surface area (Å²) in [5, 5.41) is 9.99. The molecule has 2 amide bonds. The molecule has 2 N–H and O–H groups in total. The molecule has 4 rings (SSSR count). The number of aromatic nitrogens is 2. The standard InChI is InChI=1S/C22H22N4O3/c1-29-22(28)24-17-9-4-8-16(14-17)21(27)25-20-12-13-23-26(20)19-11-5-7-15-6-2-3-10-18(15)19/h2-4,6,8-10,12-14,19H,5,7,11H2,1H3,(H,24,28)(H,25,27). The highest BCUT2D eigenvalue weighted by Gasteiger charge is 2.24. The van der Waals surface area contributed by atoms with E-state index in [0.29, 0.717) is 17.1 Å². The van der Waals surface area contributed by atoms with E-state index >= 15 is 0 Å². The molecule has 7 heteroatoms. The molecule has 148 valence electrons. The Kier molecular flexibility index (Phi) is 5.29. The molecule has 0 radical (unpaired) electrons. The van der Waals surface area contributed by atoms with Crippen molar-refractivity contribution >= 4 is 23.5 Å². The van der Waals surface area contributed by atoms with Gasteiger partial charge >= 0.3 is 6.09 Å². The van der Waals surface area contributed by atoms with Crippen LogP contribution in [0.25, 0.3) is 0 Å². The third kappa shape index (κ3) is 3.99. The number of ether oxygens (including phenoxy) is 1. The van der Waals surface area contributed by atoms with Crippen LogP contribution in [-0.2, 0) is 11.2 Å². The number of nitrogens with one attached hydrogen (secondary N) is 2. The lowest BCUT2D eigenvalue weighted by molar-refractivity contribution is 0.102. The fraction of sp³-hybridized carbons (Fsp3) is 0.227. The van der Waals surface area contributed by atoms with Gasteiger partial charge in [0.2, 0.25) is 0 Å². The first-order valence-corrected chi connectivity index (χ1v) is 9.53. The van der Waals surface area contributed by atoms with Crippen molar-refractivity contribution in [2.24, 2.45) is 0 Å². The highest BCUT2D eigenvalue weighted by molar-refractivity contribution is 6.04. The summed E-state index contributed by atoms with van der Waals surface area (Å²) in [6.45, 7) is 0. The van der Waals surface area contributed by atoms with Gasteiger partial charge in [0.05, 0.1) is 19.3 Å². The van der Waals surface area contributed by atoms with Crippen molar-refractivity contribution in [2.75, 3.05) is 17.7 Å². The number of hydrogen-bond donors (Lipinski definition) is 2. The molecule has 0 saturated carbocycles. The van der Waals surface area contributed by atoms with Crippen LogP contribution in [0.5, 0.6) is 0 Å². The zero-order chi connectivity index (χ0) is 20.2. The molecule has 1 unspecified atom stereocenters. The molecule has 0 saturated heterocycles. The Hall–Kier alpha value is -3.61. The lowest BCUT2D eigenvalue weighted by Gasteiger charge is -2.27. The van der Waals surface area contributed by atoms with Gasteiger partial charge in [0.15, 0.2) is 0 Å². The second-order valence-corrected chi connectivity index (χ2v) is 6.92. The number of fused-ring (bicyclic) bond motifs is 1. The van der Waals surface area contributed by atoms with Gasteiger partial charge in [-0.05, 0) is 48.6 Å². The molecule has 1 aromatic heterocycles. The summed E-state index contributed by atoms with van der Waals surface area (Å²) in [6.07, 6.45) is 4.23. The number of aryl methyl sites for hydroxylation is 1. The molecule has 1 aliphatic carbocycles. The average molecular weight is 390 g/mol. The molecule has 1 atom stereocenters. The molecular formula is C22H22N4O3. The quantitative estimate of drug-likeness (QED) is 0.698. The predicted octanol–water partition coefficient (Wildman–Crippen LogP) is 4.24. The maximum atomic E-state index is 12.8. The van der Waals surface area contributed by atoms with Gasteiger partial charge in [-0.3, -0.25) is 10.1 Å². The Balaban J connectivity index is 1.55. The molecule has 0 spiro atoms. The Morgan fingerprint density at radius 2 is 1.97 bits per heavy atom. The van der Waals surface area contributed by atoms with Crippen LogP contribution in [0.3, 0.4) is 0 Å². The van der Waals surface area contributed by atoms with E-state index in [1.807, 2.05) is 10.7 Å². The summed E-state index contributed by atoms with van der Waals surface area (Å²) >= 11 is 0. The number of amides is 2. The van der Waals surface area contributed by atoms with Crippen LogP contribution in [-0.4, -0.2) is 28.9 Å². The van der Waals surface area contributed by atoms with Crippen molar-refractivity contribution in [3.63, 3.8) is 0 Å². The lowest BCUT2D eigenvalue weighted by Crippen LogP contribution is -2.22. The molecular weight excluding hydrogens is 368 g/mol. The number of anilines is 2. The average Bonchev–Trinajstić information content (AvgIpc) is 3.21. The van der Waals surface area contributed by atoms with E-state index in [-0.39, 0.29) is 11.9 Å². The summed E-state index contributed by atoms with van der Waals surface area (Å²) in [7, 11) is 1.29. The molecule has 1 heterocycles. The molecule has 7 nitrogen and oxygen atoms in total. The van der Waals surface area contributed by atoms with Crippen molar-refractivity contribution in [2.45, 2.75) is 25.3 Å². The fourth-order valence-electron chi connectivity index (χ4n) is 3.74. The van der Waals surface area contributed by atoms with Gasteiger partial charge in [-0.15, -0.1) is 0 Å². The smallest absolute Gasteiger partial charge is 0.411 e. The summed E-state index contributed by atoms with van der Waals surface area (Å²) < 4.78 is 6.47. The Morgan fingerprint density at radius 3 is 2.83 bits per heavy atom. The Labute approximate surface area is 168 Å². The van der Waals surface area contributed by atoms with Crippen molar-refractivity contribution in [3.05, 3.63) is 77.5 Å². The molecule has 1 aliphatic rings. The van der Waals surface area contributed by atoms with E-state index in [2.05, 4.69) is 38.7 Å². The molecule has 0 aliphatic heterocycles. The Morgan fingerprint density at radius 1 is 1.10 bits per heavy atom. The highest BCUT2D eigenvalue weighted by atomic mass is 16.5. The fourth-order valence-corrected chi connectivity index (χ4v) is 3.74. The summed E-state index contributed by atoms with van der Waals surface area (Å²) in [4.78, 5) is 24.2. The first kappa shape index (κ1) is 18.7. The van der Waals surface area contributed by atoms with Gasteiger partial charge in [0.1, 0.15) is 5.82 Å². The number of hydrogen-bond acceptors (Lipinski definition) is 4. The number of carbonyl (C=O) groups is 2. The van der Waals surface area contributed by atoms with Gasteiger partial charge in [0, 0.05) is 17.3 Å². The maximum Gasteiger partial charge on any atom is 0.411 e. The SMILES string of the molecule is COC(=O)Nc1cccc(C(=O)Nc2ccnn2C2CCCc3ccccc32)c1. The van der Waals surface area contributed by atoms with Crippen LogP contribution in [0.2, 0.25) is 0 Å². The van der Waals surface area contributed by atoms with E-state index in [0.717, 1.165) is 19.3 Å². The lowest BCUT2D eigenvalue weighted by atomic mass is 9.88. The first-order valence-electron chi connectivity index (χ1n) is 9.53. The van der Waals surface area contributed by atoms with E-state index in [4.69, 9.17) is 0 Å². The topological polar surface area (TPSA) is 85.2 Å². The minimum atomic E-state index is -0.586. The third-order valence-electron chi connectivity index (χ3n) is 5.10. The highest BCUT2D eigenvalue weighted by Crippen LogP contribution is 2.34. The number of carbonyl (C=O) groups excluding carboxylic acids is 2. The van der Waals surface area contributed by atoms with E-state index in [9.17, 15) is 9.59 Å². The summed E-state index contributed by atoms with van der Waals surface area (Å²) in [5.41, 5.74) is 3.50. The third-order valence-corrected chi connectivity index (χ3v) is 5.10. The van der Waals surface area contributed by atoms with Gasteiger partial charge in [-0.1, -0.05) is 30.3 Å². The Bertz CT molecular complexity index is 1040. The van der Waals surface area contributed by atoms with E-state index < -0.39 is 6.09 Å². The molecule has 0 bridgehead atoms. The van der Waals surface area contributed by atoms with E-state index in [1.54, 1.807) is 36.5 Å².